The molecule has 0 saturated carbocycles. The number of likely N-dealkylation sites (tertiary alicyclic amines) is 1. The number of aliphatic carboxylic acids is 1. The lowest BCUT2D eigenvalue weighted by Gasteiger charge is -2.35. The fourth-order valence-corrected chi connectivity index (χ4v) is 4.32. The van der Waals surface area contributed by atoms with Gasteiger partial charge in [-0.15, -0.1) is 0 Å². The molecule has 0 aromatic heterocycles. The minimum absolute atomic E-state index is 0.0356. The Kier molecular flexibility index (Phi) is 9.71. The maximum Gasteiger partial charge on any atom is 0.408 e. The molecule has 2 N–H and O–H groups in total. The smallest absolute Gasteiger partial charge is 0.408 e. The molecule has 1 saturated heterocycles. The molecule has 212 valence electrons. The Morgan fingerprint density at radius 2 is 1.87 bits per heavy atom. The SMILES string of the molecule is COc1cc(OCC2CCCN(C(=O)[C@@H](CC(=O)O)NC(=O)OC(C)(C)C)C2)ccc1-c1ccc(F)c(F)c1. The monoisotopic (exact) mass is 548 g/mol. The lowest BCUT2D eigenvalue weighted by atomic mass is 9.98. The normalized spacial score (nSPS) is 16.3. The van der Waals surface area contributed by atoms with Gasteiger partial charge >= 0.3 is 12.1 Å². The Bertz CT molecular complexity index is 1200. The van der Waals surface area contributed by atoms with Crippen LogP contribution in [-0.2, 0) is 14.3 Å². The van der Waals surface area contributed by atoms with Crippen molar-refractivity contribution in [1.29, 1.82) is 0 Å². The Morgan fingerprint density at radius 1 is 1.13 bits per heavy atom. The second-order valence-corrected chi connectivity index (χ2v) is 10.4. The first kappa shape index (κ1) is 29.7. The number of nitrogens with zero attached hydrogens (tertiary/aromatic N) is 1. The van der Waals surface area contributed by atoms with Crippen molar-refractivity contribution in [3.8, 4) is 22.6 Å². The lowest BCUT2D eigenvalue weighted by Crippen LogP contribution is -2.53. The van der Waals surface area contributed by atoms with E-state index in [4.69, 9.17) is 14.2 Å². The van der Waals surface area contributed by atoms with Crippen molar-refractivity contribution in [1.82, 2.24) is 10.2 Å². The first-order chi connectivity index (χ1) is 18.4. The van der Waals surface area contributed by atoms with Crippen molar-refractivity contribution in [2.75, 3.05) is 26.8 Å². The highest BCUT2D eigenvalue weighted by Crippen LogP contribution is 2.34. The molecule has 11 heteroatoms. The molecular weight excluding hydrogens is 514 g/mol. The number of piperidine rings is 1. The Labute approximate surface area is 226 Å². The first-order valence-corrected chi connectivity index (χ1v) is 12.6. The lowest BCUT2D eigenvalue weighted by molar-refractivity contribution is -0.143. The zero-order chi connectivity index (χ0) is 28.7. The number of ether oxygens (including phenoxy) is 3. The minimum Gasteiger partial charge on any atom is -0.496 e. The van der Waals surface area contributed by atoms with E-state index in [1.807, 2.05) is 0 Å². The summed E-state index contributed by atoms with van der Waals surface area (Å²) >= 11 is 0. The number of benzene rings is 2. The molecule has 1 aliphatic rings. The largest absolute Gasteiger partial charge is 0.496 e. The number of rotatable bonds is 9. The molecule has 3 rings (SSSR count). The number of hydrogen-bond acceptors (Lipinski definition) is 6. The average Bonchev–Trinajstić information content (AvgIpc) is 2.87. The molecule has 2 atom stereocenters. The van der Waals surface area contributed by atoms with Crippen molar-refractivity contribution in [2.45, 2.75) is 51.7 Å². The van der Waals surface area contributed by atoms with E-state index in [-0.39, 0.29) is 12.5 Å². The van der Waals surface area contributed by atoms with Crippen LogP contribution in [0.5, 0.6) is 11.5 Å². The van der Waals surface area contributed by atoms with Gasteiger partial charge in [-0.25, -0.2) is 13.6 Å². The van der Waals surface area contributed by atoms with E-state index in [9.17, 15) is 28.3 Å². The Balaban J connectivity index is 1.64. The van der Waals surface area contributed by atoms with Crippen LogP contribution in [0.25, 0.3) is 11.1 Å². The van der Waals surface area contributed by atoms with E-state index in [1.54, 1.807) is 39.0 Å². The van der Waals surface area contributed by atoms with Gasteiger partial charge in [0.2, 0.25) is 5.91 Å². The van der Waals surface area contributed by atoms with Crippen LogP contribution in [0.4, 0.5) is 13.6 Å². The highest BCUT2D eigenvalue weighted by atomic mass is 19.2. The molecule has 0 aliphatic carbocycles. The highest BCUT2D eigenvalue weighted by molar-refractivity contribution is 5.89. The summed E-state index contributed by atoms with van der Waals surface area (Å²) in [4.78, 5) is 38.2. The number of amides is 2. The number of carboxylic acids is 1. The van der Waals surface area contributed by atoms with Crippen LogP contribution < -0.4 is 14.8 Å². The van der Waals surface area contributed by atoms with Crippen LogP contribution in [-0.4, -0.2) is 66.4 Å². The van der Waals surface area contributed by atoms with E-state index >= 15 is 0 Å². The summed E-state index contributed by atoms with van der Waals surface area (Å²) in [7, 11) is 1.46. The predicted octanol–water partition coefficient (Wildman–Crippen LogP) is 4.63. The fraction of sp³-hybridized carbons (Fsp3) is 0.464. The zero-order valence-electron chi connectivity index (χ0n) is 22.5. The minimum atomic E-state index is -1.26. The molecule has 39 heavy (non-hydrogen) atoms. The molecule has 2 aromatic rings. The summed E-state index contributed by atoms with van der Waals surface area (Å²) in [5.74, 6) is -2.73. The third-order valence-corrected chi connectivity index (χ3v) is 6.09. The average molecular weight is 549 g/mol. The van der Waals surface area contributed by atoms with Gasteiger partial charge in [-0.1, -0.05) is 6.07 Å². The van der Waals surface area contributed by atoms with Crippen LogP contribution in [0, 0.1) is 17.6 Å². The molecule has 2 amide bonds. The van der Waals surface area contributed by atoms with Crippen molar-refractivity contribution in [3.05, 3.63) is 48.0 Å². The summed E-state index contributed by atoms with van der Waals surface area (Å²) in [5.41, 5.74) is 0.222. The van der Waals surface area contributed by atoms with E-state index in [0.717, 1.165) is 18.6 Å². The van der Waals surface area contributed by atoms with Crippen molar-refractivity contribution >= 4 is 18.0 Å². The van der Waals surface area contributed by atoms with Gasteiger partial charge < -0.3 is 29.5 Å². The summed E-state index contributed by atoms with van der Waals surface area (Å²) < 4.78 is 43.6. The third-order valence-electron chi connectivity index (χ3n) is 6.09. The number of carbonyl (C=O) groups excluding carboxylic acids is 2. The second kappa shape index (κ2) is 12.8. The molecule has 1 aliphatic heterocycles. The highest BCUT2D eigenvalue weighted by Gasteiger charge is 2.33. The topological polar surface area (TPSA) is 114 Å². The maximum atomic E-state index is 13.7. The van der Waals surface area contributed by atoms with Crippen LogP contribution >= 0.6 is 0 Å². The molecule has 0 spiro atoms. The number of carbonyl (C=O) groups is 3. The molecule has 0 bridgehead atoms. The fourth-order valence-electron chi connectivity index (χ4n) is 4.32. The summed E-state index contributed by atoms with van der Waals surface area (Å²) in [6.45, 7) is 6.04. The molecule has 2 aromatic carbocycles. The predicted molar refractivity (Wildman–Crippen MR) is 139 cm³/mol. The van der Waals surface area contributed by atoms with Gasteiger partial charge in [0.05, 0.1) is 20.1 Å². The second-order valence-electron chi connectivity index (χ2n) is 10.4. The summed E-state index contributed by atoms with van der Waals surface area (Å²) in [5, 5.41) is 11.7. The zero-order valence-corrected chi connectivity index (χ0v) is 22.5. The van der Waals surface area contributed by atoms with Gasteiger partial charge in [-0.05, 0) is 63.4 Å². The summed E-state index contributed by atoms with van der Waals surface area (Å²) in [6, 6.07) is 7.38. The van der Waals surface area contributed by atoms with Gasteiger partial charge in [0.15, 0.2) is 11.6 Å². The quantitative estimate of drug-likeness (QED) is 0.470. The van der Waals surface area contributed by atoms with E-state index in [2.05, 4.69) is 5.32 Å². The number of nitrogens with one attached hydrogen (secondary N) is 1. The number of halogens is 2. The van der Waals surface area contributed by atoms with Gasteiger partial charge in [0.25, 0.3) is 0 Å². The number of carboxylic acid groups (broad SMARTS) is 1. The molecule has 9 nitrogen and oxygen atoms in total. The van der Waals surface area contributed by atoms with Crippen LogP contribution in [0.15, 0.2) is 36.4 Å². The van der Waals surface area contributed by atoms with Crippen molar-refractivity contribution in [3.63, 3.8) is 0 Å². The van der Waals surface area contributed by atoms with E-state index in [1.165, 1.54) is 18.1 Å². The molecule has 0 radical (unpaired) electrons. The van der Waals surface area contributed by atoms with E-state index in [0.29, 0.717) is 42.1 Å². The summed E-state index contributed by atoms with van der Waals surface area (Å²) in [6.07, 6.45) is 0.0426. The van der Waals surface area contributed by atoms with Crippen LogP contribution in [0.3, 0.4) is 0 Å². The number of methoxy groups -OCH3 is 1. The van der Waals surface area contributed by atoms with Gasteiger partial charge in [0, 0.05) is 30.6 Å². The third kappa shape index (κ3) is 8.56. The standard InChI is InChI=1S/C28H34F2N2O7/c1-28(2,3)39-27(36)31-23(14-25(33)34)26(35)32-11-5-6-17(15-32)16-38-19-8-9-20(24(13-19)37-4)18-7-10-21(29)22(30)12-18/h7-10,12-13,17,23H,5-6,11,14-16H2,1-4H3,(H,31,36)(H,33,34)/t17?,23-/m1/s1. The number of hydrogen-bond donors (Lipinski definition) is 2. The van der Waals surface area contributed by atoms with Gasteiger partial charge in [0.1, 0.15) is 23.1 Å². The van der Waals surface area contributed by atoms with Crippen molar-refractivity contribution < 1.29 is 42.5 Å². The van der Waals surface area contributed by atoms with Crippen molar-refractivity contribution in [2.24, 2.45) is 5.92 Å². The number of alkyl carbamates (subject to hydrolysis) is 1. The molecular formula is C28H34F2N2O7. The van der Waals surface area contributed by atoms with Gasteiger partial charge in [-0.2, -0.15) is 0 Å². The van der Waals surface area contributed by atoms with Gasteiger partial charge in [-0.3, -0.25) is 9.59 Å². The molecule has 1 heterocycles. The molecule has 1 fully saturated rings. The van der Waals surface area contributed by atoms with Crippen LogP contribution in [0.1, 0.15) is 40.0 Å². The Morgan fingerprint density at radius 3 is 2.51 bits per heavy atom. The Hall–Kier alpha value is -3.89. The van der Waals surface area contributed by atoms with E-state index < -0.39 is 47.7 Å². The molecule has 1 unspecified atom stereocenters. The first-order valence-electron chi connectivity index (χ1n) is 12.6. The van der Waals surface area contributed by atoms with Crippen LogP contribution in [0.2, 0.25) is 0 Å². The maximum absolute atomic E-state index is 13.7.